The second-order valence-electron chi connectivity index (χ2n) is 7.03. The molecule has 0 amide bonds. The number of rotatable bonds is 2. The Morgan fingerprint density at radius 2 is 1.95 bits per heavy atom. The Balaban J connectivity index is 1.69. The van der Waals surface area contributed by atoms with Gasteiger partial charge in [0.15, 0.2) is 0 Å². The molecule has 0 aromatic carbocycles. The smallest absolute Gasteiger partial charge is 0.108 e. The van der Waals surface area contributed by atoms with Gasteiger partial charge in [-0.25, -0.2) is 0 Å². The first-order valence-electron chi connectivity index (χ1n) is 8.23. The summed E-state index contributed by atoms with van der Waals surface area (Å²) in [5.74, 6) is 0. The maximum atomic E-state index is 9.52. The van der Waals surface area contributed by atoms with Crippen molar-refractivity contribution in [2.45, 2.75) is 68.6 Å². The average molecular weight is 276 g/mol. The van der Waals surface area contributed by atoms with Crippen LogP contribution in [-0.2, 0) is 0 Å². The van der Waals surface area contributed by atoms with E-state index >= 15 is 0 Å². The summed E-state index contributed by atoms with van der Waals surface area (Å²) in [6.45, 7) is 2.43. The first-order chi connectivity index (χ1) is 9.67. The number of nitriles is 1. The number of fused-ring (bicyclic) bond motifs is 2. The van der Waals surface area contributed by atoms with Crippen LogP contribution in [0.5, 0.6) is 0 Å². The molecule has 0 aromatic rings. The second-order valence-corrected chi connectivity index (χ2v) is 7.03. The highest BCUT2D eigenvalue weighted by Crippen LogP contribution is 2.34. The molecule has 112 valence electrons. The van der Waals surface area contributed by atoms with Crippen molar-refractivity contribution in [3.8, 4) is 6.07 Å². The van der Waals surface area contributed by atoms with Crippen LogP contribution in [0.3, 0.4) is 0 Å². The van der Waals surface area contributed by atoms with Crippen LogP contribution in [0.2, 0.25) is 0 Å². The van der Waals surface area contributed by atoms with Gasteiger partial charge in [-0.2, -0.15) is 5.26 Å². The van der Waals surface area contributed by atoms with Crippen molar-refractivity contribution in [2.75, 3.05) is 27.2 Å². The van der Waals surface area contributed by atoms with Crippen LogP contribution in [0, 0.1) is 11.3 Å². The van der Waals surface area contributed by atoms with Crippen LogP contribution >= 0.6 is 0 Å². The van der Waals surface area contributed by atoms with Crippen LogP contribution < -0.4 is 5.32 Å². The zero-order chi connectivity index (χ0) is 14.2. The lowest BCUT2D eigenvalue weighted by Crippen LogP contribution is -2.53. The minimum Gasteiger partial charge on any atom is -0.302 e. The maximum absolute atomic E-state index is 9.52. The Labute approximate surface area is 123 Å². The van der Waals surface area contributed by atoms with E-state index in [1.165, 1.54) is 45.2 Å². The molecule has 1 N–H and O–H groups in total. The van der Waals surface area contributed by atoms with E-state index in [1.54, 1.807) is 0 Å². The lowest BCUT2D eigenvalue weighted by molar-refractivity contribution is 0.111. The Morgan fingerprint density at radius 1 is 1.15 bits per heavy atom. The highest BCUT2D eigenvalue weighted by Gasteiger charge is 2.41. The van der Waals surface area contributed by atoms with E-state index in [0.717, 1.165) is 24.9 Å². The first-order valence-corrected chi connectivity index (χ1v) is 8.23. The van der Waals surface area contributed by atoms with Gasteiger partial charge in [0.1, 0.15) is 5.54 Å². The summed E-state index contributed by atoms with van der Waals surface area (Å²) in [4.78, 5) is 5.31. The van der Waals surface area contributed by atoms with E-state index in [4.69, 9.17) is 0 Å². The fraction of sp³-hybridized carbons (Fsp3) is 0.938. The quantitative estimate of drug-likeness (QED) is 0.831. The second kappa shape index (κ2) is 5.63. The van der Waals surface area contributed by atoms with Crippen molar-refractivity contribution in [2.24, 2.45) is 0 Å². The molecule has 3 rings (SSSR count). The molecular weight excluding hydrogens is 248 g/mol. The summed E-state index contributed by atoms with van der Waals surface area (Å²) >= 11 is 0. The van der Waals surface area contributed by atoms with Gasteiger partial charge < -0.3 is 5.32 Å². The van der Waals surface area contributed by atoms with Crippen molar-refractivity contribution in [3.63, 3.8) is 0 Å². The molecule has 20 heavy (non-hydrogen) atoms. The van der Waals surface area contributed by atoms with Crippen LogP contribution in [0.25, 0.3) is 0 Å². The number of likely N-dealkylation sites (tertiary alicyclic amines) is 1. The molecule has 3 aliphatic rings. The molecule has 4 nitrogen and oxygen atoms in total. The molecule has 3 fully saturated rings. The average Bonchev–Trinajstić information content (AvgIpc) is 2.72. The number of hydrogen-bond acceptors (Lipinski definition) is 4. The molecule has 2 aliphatic heterocycles. The summed E-state index contributed by atoms with van der Waals surface area (Å²) in [7, 11) is 4.25. The zero-order valence-electron chi connectivity index (χ0n) is 12.9. The van der Waals surface area contributed by atoms with Crippen LogP contribution in [0.15, 0.2) is 0 Å². The minimum absolute atomic E-state index is 0.278. The van der Waals surface area contributed by atoms with E-state index in [9.17, 15) is 5.26 Å². The van der Waals surface area contributed by atoms with E-state index in [2.05, 4.69) is 28.2 Å². The topological polar surface area (TPSA) is 42.3 Å². The highest BCUT2D eigenvalue weighted by atomic mass is 15.3. The van der Waals surface area contributed by atoms with Crippen molar-refractivity contribution < 1.29 is 0 Å². The van der Waals surface area contributed by atoms with Crippen molar-refractivity contribution in [3.05, 3.63) is 0 Å². The van der Waals surface area contributed by atoms with E-state index in [-0.39, 0.29) is 5.54 Å². The fourth-order valence-corrected chi connectivity index (χ4v) is 4.61. The normalized spacial score (nSPS) is 43.1. The lowest BCUT2D eigenvalue weighted by atomic mass is 9.79. The maximum Gasteiger partial charge on any atom is 0.108 e. The summed E-state index contributed by atoms with van der Waals surface area (Å²) in [5.41, 5.74) is -0.278. The Hall–Kier alpha value is -0.630. The Morgan fingerprint density at radius 3 is 2.70 bits per heavy atom. The van der Waals surface area contributed by atoms with Gasteiger partial charge in [-0.1, -0.05) is 0 Å². The predicted molar refractivity (Wildman–Crippen MR) is 80.4 cm³/mol. The van der Waals surface area contributed by atoms with E-state index < -0.39 is 0 Å². The first kappa shape index (κ1) is 14.3. The molecular formula is C16H28N4. The van der Waals surface area contributed by atoms with Gasteiger partial charge in [-0.15, -0.1) is 0 Å². The van der Waals surface area contributed by atoms with Gasteiger partial charge in [0.05, 0.1) is 6.07 Å². The van der Waals surface area contributed by atoms with Gasteiger partial charge in [0.25, 0.3) is 0 Å². The van der Waals surface area contributed by atoms with Crippen LogP contribution in [0.4, 0.5) is 0 Å². The molecule has 2 saturated heterocycles. The number of nitrogens with zero attached hydrogens (tertiary/aromatic N) is 3. The summed E-state index contributed by atoms with van der Waals surface area (Å²) in [6.07, 6.45) is 8.52. The van der Waals surface area contributed by atoms with E-state index in [0.29, 0.717) is 6.04 Å². The Kier molecular flexibility index (Phi) is 4.03. The largest absolute Gasteiger partial charge is 0.302 e. The van der Waals surface area contributed by atoms with Gasteiger partial charge in [-0.05, 0) is 65.6 Å². The monoisotopic (exact) mass is 276 g/mol. The van der Waals surface area contributed by atoms with Crippen molar-refractivity contribution in [1.29, 1.82) is 5.26 Å². The van der Waals surface area contributed by atoms with Crippen molar-refractivity contribution in [1.82, 2.24) is 15.1 Å². The molecule has 2 bridgehead atoms. The van der Waals surface area contributed by atoms with Gasteiger partial charge in [0, 0.05) is 24.7 Å². The third-order valence-electron chi connectivity index (χ3n) is 6.11. The zero-order valence-corrected chi connectivity index (χ0v) is 12.9. The highest BCUT2D eigenvalue weighted by molar-refractivity contribution is 5.11. The van der Waals surface area contributed by atoms with Crippen molar-refractivity contribution >= 4 is 0 Å². The molecule has 1 aliphatic carbocycles. The summed E-state index contributed by atoms with van der Waals surface area (Å²) < 4.78 is 0. The SMILES string of the molecule is CNC1(C#N)CCCC(N2CCC3CCC(C2)N3C)C1. The van der Waals surface area contributed by atoms with Gasteiger partial charge in [0.2, 0.25) is 0 Å². The van der Waals surface area contributed by atoms with Crippen LogP contribution in [-0.4, -0.2) is 60.6 Å². The summed E-state index contributed by atoms with van der Waals surface area (Å²) in [6, 6.07) is 4.70. The van der Waals surface area contributed by atoms with Gasteiger partial charge in [-0.3, -0.25) is 9.80 Å². The van der Waals surface area contributed by atoms with E-state index in [1.807, 2.05) is 7.05 Å². The number of nitrogens with one attached hydrogen (secondary N) is 1. The molecule has 1 saturated carbocycles. The standard InChI is InChI=1S/C16H28N4/c1-18-16(12-17)8-3-4-14(10-16)20-9-7-13-5-6-15(11-20)19(13)2/h13-15,18H,3-11H2,1-2H3. The molecule has 0 radical (unpaired) electrons. The molecule has 0 spiro atoms. The minimum atomic E-state index is -0.278. The van der Waals surface area contributed by atoms with Gasteiger partial charge >= 0.3 is 0 Å². The molecule has 4 atom stereocenters. The lowest BCUT2D eigenvalue weighted by Gasteiger charge is -2.41. The number of hydrogen-bond donors (Lipinski definition) is 1. The molecule has 4 heteroatoms. The molecule has 2 heterocycles. The predicted octanol–water partition coefficient (Wildman–Crippen LogP) is 1.58. The summed E-state index contributed by atoms with van der Waals surface area (Å²) in [5, 5.41) is 12.8. The molecule has 0 aromatic heterocycles. The third kappa shape index (κ3) is 2.47. The fourth-order valence-electron chi connectivity index (χ4n) is 4.61. The Bertz CT molecular complexity index is 390. The van der Waals surface area contributed by atoms with Crippen LogP contribution in [0.1, 0.15) is 44.9 Å². The number of likely N-dealkylation sites (N-methyl/N-ethyl adjacent to an activating group) is 1. The third-order valence-corrected chi connectivity index (χ3v) is 6.11. The molecule has 4 unspecified atom stereocenters.